The van der Waals surface area contributed by atoms with Gasteiger partial charge in [-0.1, -0.05) is 39.3 Å². The van der Waals surface area contributed by atoms with E-state index in [9.17, 15) is 14.4 Å². The van der Waals surface area contributed by atoms with Crippen molar-refractivity contribution in [2.24, 2.45) is 5.92 Å². The van der Waals surface area contributed by atoms with Crippen molar-refractivity contribution in [3.8, 4) is 5.75 Å². The van der Waals surface area contributed by atoms with Crippen molar-refractivity contribution in [1.29, 1.82) is 0 Å². The van der Waals surface area contributed by atoms with Crippen LogP contribution in [0.5, 0.6) is 5.75 Å². The maximum atomic E-state index is 12.2. The van der Waals surface area contributed by atoms with Gasteiger partial charge in [-0.2, -0.15) is 0 Å². The second-order valence-corrected chi connectivity index (χ2v) is 8.68. The van der Waals surface area contributed by atoms with E-state index in [4.69, 9.17) is 9.84 Å². The summed E-state index contributed by atoms with van der Waals surface area (Å²) in [6.45, 7) is 7.63. The quantitative estimate of drug-likeness (QED) is 0.374. The predicted molar refractivity (Wildman–Crippen MR) is 119 cm³/mol. The number of carboxylic acid groups (broad SMARTS) is 1. The Morgan fingerprint density at radius 1 is 1.26 bits per heavy atom. The lowest BCUT2D eigenvalue weighted by Gasteiger charge is -2.35. The highest BCUT2D eigenvalue weighted by Gasteiger charge is 2.33. The van der Waals surface area contributed by atoms with E-state index in [0.29, 0.717) is 5.75 Å². The van der Waals surface area contributed by atoms with Gasteiger partial charge in [-0.3, -0.25) is 4.79 Å². The number of likely N-dealkylation sites (tertiary alicyclic amines) is 1. The van der Waals surface area contributed by atoms with E-state index in [1.807, 2.05) is 12.1 Å². The smallest absolute Gasteiger partial charge is 0.336 e. The van der Waals surface area contributed by atoms with Crippen LogP contribution in [-0.2, 0) is 19.8 Å². The van der Waals surface area contributed by atoms with Gasteiger partial charge in [0.1, 0.15) is 11.8 Å². The van der Waals surface area contributed by atoms with Crippen LogP contribution < -0.4 is 10.1 Å². The summed E-state index contributed by atoms with van der Waals surface area (Å²) in [6, 6.07) is 6.58. The number of nitrogens with one attached hydrogen (secondary N) is 1. The second-order valence-electron chi connectivity index (χ2n) is 8.68. The number of esters is 1. The molecule has 0 saturated carbocycles. The van der Waals surface area contributed by atoms with Crippen LogP contribution in [0, 0.1) is 5.92 Å². The van der Waals surface area contributed by atoms with Gasteiger partial charge in [0.25, 0.3) is 0 Å². The van der Waals surface area contributed by atoms with E-state index in [1.165, 1.54) is 6.42 Å². The van der Waals surface area contributed by atoms with Crippen LogP contribution in [0.25, 0.3) is 0 Å². The lowest BCUT2D eigenvalue weighted by Crippen LogP contribution is -2.43. The largest absolute Gasteiger partial charge is 0.480 e. The molecule has 0 aromatic heterocycles. The Morgan fingerprint density at radius 2 is 2.00 bits per heavy atom. The van der Waals surface area contributed by atoms with Gasteiger partial charge in [-0.05, 0) is 56.5 Å². The number of carbonyl (C=O) groups excluding carboxylic acids is 2. The summed E-state index contributed by atoms with van der Waals surface area (Å²) >= 11 is 0. The van der Waals surface area contributed by atoms with Crippen molar-refractivity contribution in [3.63, 3.8) is 0 Å². The lowest BCUT2D eigenvalue weighted by molar-refractivity contribution is -0.142. The first-order valence-electron chi connectivity index (χ1n) is 10.9. The van der Waals surface area contributed by atoms with E-state index >= 15 is 0 Å². The molecule has 170 valence electrons. The highest BCUT2D eigenvalue weighted by atomic mass is 16.5. The Balaban J connectivity index is 2.06. The number of benzene rings is 1. The Morgan fingerprint density at radius 3 is 2.65 bits per heavy atom. The fourth-order valence-corrected chi connectivity index (χ4v) is 4.15. The summed E-state index contributed by atoms with van der Waals surface area (Å²) in [4.78, 5) is 37.7. The molecular formula is C24H34N2O5. The van der Waals surface area contributed by atoms with Crippen LogP contribution in [0.3, 0.4) is 0 Å². The van der Waals surface area contributed by atoms with E-state index < -0.39 is 23.9 Å². The van der Waals surface area contributed by atoms with Crippen LogP contribution >= 0.6 is 0 Å². The van der Waals surface area contributed by atoms with Gasteiger partial charge >= 0.3 is 11.9 Å². The number of aliphatic carboxylic acids is 1. The van der Waals surface area contributed by atoms with Crippen LogP contribution in [0.1, 0.15) is 52.0 Å². The highest BCUT2D eigenvalue weighted by Crippen LogP contribution is 2.37. The number of amides is 1. The molecule has 31 heavy (non-hydrogen) atoms. The number of nitrogens with zero attached hydrogens (tertiary/aromatic N) is 1. The third-order valence-electron chi connectivity index (χ3n) is 5.96. The maximum absolute atomic E-state index is 12.2. The molecule has 0 spiro atoms. The molecule has 1 heterocycles. The molecular weight excluding hydrogens is 396 g/mol. The summed E-state index contributed by atoms with van der Waals surface area (Å²) in [7, 11) is 2.14. The van der Waals surface area contributed by atoms with E-state index in [0.717, 1.165) is 50.1 Å². The maximum Gasteiger partial charge on any atom is 0.336 e. The fourth-order valence-electron chi connectivity index (χ4n) is 4.15. The first-order chi connectivity index (χ1) is 14.7. The zero-order chi connectivity index (χ0) is 23.0. The van der Waals surface area contributed by atoms with Crippen LogP contribution in [0.4, 0.5) is 0 Å². The van der Waals surface area contributed by atoms with Crippen molar-refractivity contribution < 1.29 is 24.2 Å². The zero-order valence-corrected chi connectivity index (χ0v) is 18.9. The molecule has 7 heteroatoms. The van der Waals surface area contributed by atoms with Gasteiger partial charge in [-0.15, -0.1) is 0 Å². The van der Waals surface area contributed by atoms with Crippen molar-refractivity contribution in [3.05, 3.63) is 42.0 Å². The summed E-state index contributed by atoms with van der Waals surface area (Å²) in [5.41, 5.74) is 1.17. The molecule has 1 aromatic rings. The minimum Gasteiger partial charge on any atom is -0.480 e. The van der Waals surface area contributed by atoms with Gasteiger partial charge in [-0.25, -0.2) is 9.59 Å². The predicted octanol–water partition coefficient (Wildman–Crippen LogP) is 3.14. The van der Waals surface area contributed by atoms with Crippen molar-refractivity contribution in [1.82, 2.24) is 10.2 Å². The van der Waals surface area contributed by atoms with Gasteiger partial charge < -0.3 is 20.1 Å². The Hall–Kier alpha value is -2.67. The summed E-state index contributed by atoms with van der Waals surface area (Å²) in [5.74, 6) is -2.31. The summed E-state index contributed by atoms with van der Waals surface area (Å²) < 4.78 is 5.41. The molecule has 7 nitrogen and oxygen atoms in total. The number of ether oxygens (including phenoxy) is 1. The lowest BCUT2D eigenvalue weighted by atomic mass is 9.74. The average molecular weight is 431 g/mol. The summed E-state index contributed by atoms with van der Waals surface area (Å²) in [6.07, 6.45) is 6.43. The van der Waals surface area contributed by atoms with Gasteiger partial charge in [0.15, 0.2) is 0 Å². The number of rotatable bonds is 8. The van der Waals surface area contributed by atoms with E-state index in [2.05, 4.69) is 30.3 Å². The minimum atomic E-state index is -1.12. The third kappa shape index (κ3) is 6.92. The van der Waals surface area contributed by atoms with Gasteiger partial charge in [0.05, 0.1) is 0 Å². The van der Waals surface area contributed by atoms with Crippen molar-refractivity contribution >= 4 is 17.8 Å². The van der Waals surface area contributed by atoms with E-state index in [1.54, 1.807) is 19.9 Å². The Kier molecular flexibility index (Phi) is 8.80. The Labute approximate surface area is 184 Å². The first kappa shape index (κ1) is 24.6. The SMILES string of the molecule is CCC1(c2cccc(OC(=O)/C=C\C(=O)N[C@H](C(=O)O)C(C)C)c2)CCCCN(C)C1. The molecule has 0 bridgehead atoms. The number of likely N-dealkylation sites (N-methyl/N-ethyl adjacent to an activating group) is 1. The van der Waals surface area contributed by atoms with Crippen LogP contribution in [0.2, 0.25) is 0 Å². The molecule has 1 aromatic carbocycles. The molecule has 1 aliphatic rings. The molecule has 0 radical (unpaired) electrons. The number of hydrogen-bond donors (Lipinski definition) is 2. The topological polar surface area (TPSA) is 95.9 Å². The number of carbonyl (C=O) groups is 3. The molecule has 2 atom stereocenters. The molecule has 1 fully saturated rings. The van der Waals surface area contributed by atoms with Gasteiger partial charge in [0.2, 0.25) is 5.91 Å². The van der Waals surface area contributed by atoms with Crippen molar-refractivity contribution in [2.45, 2.75) is 57.9 Å². The van der Waals surface area contributed by atoms with Gasteiger partial charge in [0, 0.05) is 24.1 Å². The molecule has 0 aliphatic carbocycles. The standard InChI is InChI=1S/C24H34N2O5/c1-5-24(13-6-7-14-26(4)16-24)18-9-8-10-19(15-18)31-21(28)12-11-20(27)25-22(17(2)3)23(29)30/h8-12,15,17,22H,5-7,13-14,16H2,1-4H3,(H,25,27)(H,29,30)/b12-11-/t22-,24?/m0/s1. The summed E-state index contributed by atoms with van der Waals surface area (Å²) in [5, 5.41) is 11.5. The van der Waals surface area contributed by atoms with Crippen molar-refractivity contribution in [2.75, 3.05) is 20.1 Å². The molecule has 1 saturated heterocycles. The first-order valence-corrected chi connectivity index (χ1v) is 10.9. The number of carboxylic acids is 1. The number of hydrogen-bond acceptors (Lipinski definition) is 5. The molecule has 1 aliphatic heterocycles. The monoisotopic (exact) mass is 430 g/mol. The molecule has 2 N–H and O–H groups in total. The fraction of sp³-hybridized carbons (Fsp3) is 0.542. The normalized spacial score (nSPS) is 20.9. The zero-order valence-electron chi connectivity index (χ0n) is 18.9. The van der Waals surface area contributed by atoms with E-state index in [-0.39, 0.29) is 11.3 Å². The molecule has 1 unspecified atom stereocenters. The molecule has 1 amide bonds. The average Bonchev–Trinajstić information content (AvgIpc) is 2.92. The van der Waals surface area contributed by atoms with Crippen LogP contribution in [-0.4, -0.2) is 54.0 Å². The molecule has 2 rings (SSSR count). The third-order valence-corrected chi connectivity index (χ3v) is 5.96. The minimum absolute atomic E-state index is 0.0199. The van der Waals surface area contributed by atoms with Crippen LogP contribution in [0.15, 0.2) is 36.4 Å². The second kappa shape index (κ2) is 11.1. The Bertz CT molecular complexity index is 820. The highest BCUT2D eigenvalue weighted by molar-refractivity contribution is 5.96.